The van der Waals surface area contributed by atoms with Crippen LogP contribution in [0.1, 0.15) is 60.9 Å². The van der Waals surface area contributed by atoms with Crippen molar-refractivity contribution in [2.24, 2.45) is 0 Å². The van der Waals surface area contributed by atoms with Crippen molar-refractivity contribution in [1.82, 2.24) is 4.98 Å². The Morgan fingerprint density at radius 2 is 1.74 bits per heavy atom. The molecule has 3 aromatic rings. The average molecular weight is 374 g/mol. The Bertz CT molecular complexity index is 950. The predicted octanol–water partition coefficient (Wildman–Crippen LogP) is 7.55. The SMILES string of the molecule is C=Cc1cc(-c2cccc(C(C)(C)c3ccccc3C(C)C)n2)sc1C=C. The first-order valence-electron chi connectivity index (χ1n) is 9.34. The van der Waals surface area contributed by atoms with Crippen LogP contribution in [0.3, 0.4) is 0 Å². The van der Waals surface area contributed by atoms with Gasteiger partial charge in [0, 0.05) is 10.3 Å². The van der Waals surface area contributed by atoms with Gasteiger partial charge in [-0.05, 0) is 40.8 Å². The van der Waals surface area contributed by atoms with E-state index >= 15 is 0 Å². The smallest absolute Gasteiger partial charge is 0.0805 e. The summed E-state index contributed by atoms with van der Waals surface area (Å²) in [4.78, 5) is 7.34. The summed E-state index contributed by atoms with van der Waals surface area (Å²) in [5.74, 6) is 0.478. The molecule has 27 heavy (non-hydrogen) atoms. The van der Waals surface area contributed by atoms with E-state index in [0.29, 0.717) is 5.92 Å². The Morgan fingerprint density at radius 1 is 1.00 bits per heavy atom. The lowest BCUT2D eigenvalue weighted by atomic mass is 9.76. The first-order chi connectivity index (χ1) is 12.9. The van der Waals surface area contributed by atoms with E-state index in [0.717, 1.165) is 26.7 Å². The van der Waals surface area contributed by atoms with Crippen LogP contribution in [-0.2, 0) is 5.41 Å². The Morgan fingerprint density at radius 3 is 2.37 bits per heavy atom. The molecule has 138 valence electrons. The molecular formula is C25H27NS. The van der Waals surface area contributed by atoms with Gasteiger partial charge < -0.3 is 0 Å². The van der Waals surface area contributed by atoms with Gasteiger partial charge in [-0.15, -0.1) is 11.3 Å². The fourth-order valence-electron chi connectivity index (χ4n) is 3.49. The molecule has 1 aromatic carbocycles. The van der Waals surface area contributed by atoms with Gasteiger partial charge >= 0.3 is 0 Å². The average Bonchev–Trinajstić information content (AvgIpc) is 3.11. The molecule has 0 N–H and O–H groups in total. The highest BCUT2D eigenvalue weighted by Crippen LogP contribution is 2.37. The van der Waals surface area contributed by atoms with Crippen LogP contribution >= 0.6 is 11.3 Å². The van der Waals surface area contributed by atoms with Gasteiger partial charge in [-0.25, -0.2) is 0 Å². The summed E-state index contributed by atoms with van der Waals surface area (Å²) in [5.41, 5.74) is 5.76. The third kappa shape index (κ3) is 3.68. The van der Waals surface area contributed by atoms with Crippen molar-refractivity contribution < 1.29 is 0 Å². The van der Waals surface area contributed by atoms with Crippen LogP contribution in [0.4, 0.5) is 0 Å². The Hall–Kier alpha value is -2.45. The first kappa shape index (κ1) is 19.3. The number of benzene rings is 1. The van der Waals surface area contributed by atoms with Gasteiger partial charge in [-0.2, -0.15) is 0 Å². The van der Waals surface area contributed by atoms with Crippen molar-refractivity contribution in [3.63, 3.8) is 0 Å². The molecule has 0 aliphatic rings. The molecule has 0 aliphatic heterocycles. The molecule has 0 atom stereocenters. The van der Waals surface area contributed by atoms with Gasteiger partial charge in [0.15, 0.2) is 0 Å². The number of thiophene rings is 1. The van der Waals surface area contributed by atoms with E-state index in [-0.39, 0.29) is 5.41 Å². The highest BCUT2D eigenvalue weighted by molar-refractivity contribution is 7.16. The maximum atomic E-state index is 5.06. The topological polar surface area (TPSA) is 12.9 Å². The van der Waals surface area contributed by atoms with Crippen molar-refractivity contribution >= 4 is 23.5 Å². The molecule has 2 heterocycles. The zero-order chi connectivity index (χ0) is 19.6. The Balaban J connectivity index is 2.09. The monoisotopic (exact) mass is 373 g/mol. The minimum absolute atomic E-state index is 0.170. The molecule has 0 fully saturated rings. The molecule has 0 unspecified atom stereocenters. The first-order valence-corrected chi connectivity index (χ1v) is 10.2. The summed E-state index contributed by atoms with van der Waals surface area (Å²) in [5, 5.41) is 0. The van der Waals surface area contributed by atoms with Crippen molar-refractivity contribution in [2.45, 2.75) is 39.0 Å². The molecular weight excluding hydrogens is 346 g/mol. The van der Waals surface area contributed by atoms with E-state index < -0.39 is 0 Å². The molecule has 0 amide bonds. The molecule has 0 aliphatic carbocycles. The van der Waals surface area contributed by atoms with E-state index in [1.165, 1.54) is 11.1 Å². The van der Waals surface area contributed by atoms with Gasteiger partial charge in [0.25, 0.3) is 0 Å². The number of hydrogen-bond donors (Lipinski definition) is 0. The lowest BCUT2D eigenvalue weighted by Gasteiger charge is -2.29. The van der Waals surface area contributed by atoms with Gasteiger partial charge in [0.2, 0.25) is 0 Å². The summed E-state index contributed by atoms with van der Waals surface area (Å²) in [6, 6.07) is 17.2. The van der Waals surface area contributed by atoms with Crippen molar-refractivity contribution in [2.75, 3.05) is 0 Å². The van der Waals surface area contributed by atoms with Crippen LogP contribution in [-0.4, -0.2) is 4.98 Å². The minimum atomic E-state index is -0.170. The molecule has 1 nitrogen and oxygen atoms in total. The minimum Gasteiger partial charge on any atom is -0.251 e. The summed E-state index contributed by atoms with van der Waals surface area (Å²) in [7, 11) is 0. The summed E-state index contributed by atoms with van der Waals surface area (Å²) < 4.78 is 0. The third-order valence-electron chi connectivity index (χ3n) is 5.09. The lowest BCUT2D eigenvalue weighted by molar-refractivity contribution is 0.603. The van der Waals surface area contributed by atoms with E-state index in [4.69, 9.17) is 4.98 Å². The highest BCUT2D eigenvalue weighted by atomic mass is 32.1. The number of pyridine rings is 1. The standard InChI is InChI=1S/C25H27NS/c1-7-18-16-23(27-22(18)8-2)21-14-11-15-24(26-21)25(5,6)20-13-10-9-12-19(20)17(3)4/h7-17H,1-2H2,3-6H3. The van der Waals surface area contributed by atoms with Crippen LogP contribution in [0.15, 0.2) is 61.7 Å². The molecule has 0 spiro atoms. The van der Waals surface area contributed by atoms with Crippen LogP contribution in [0.2, 0.25) is 0 Å². The Labute approximate surface area is 167 Å². The van der Waals surface area contributed by atoms with Crippen molar-refractivity contribution in [1.29, 1.82) is 0 Å². The number of aromatic nitrogens is 1. The largest absolute Gasteiger partial charge is 0.251 e. The van der Waals surface area contributed by atoms with Gasteiger partial charge in [0.1, 0.15) is 0 Å². The van der Waals surface area contributed by atoms with Crippen molar-refractivity contribution in [3.05, 3.63) is 89.0 Å². The number of hydrogen-bond acceptors (Lipinski definition) is 2. The Kier molecular flexibility index (Phi) is 5.48. The fourth-order valence-corrected chi connectivity index (χ4v) is 4.48. The highest BCUT2D eigenvalue weighted by Gasteiger charge is 2.28. The van der Waals surface area contributed by atoms with Crippen LogP contribution < -0.4 is 0 Å². The van der Waals surface area contributed by atoms with Crippen LogP contribution in [0, 0.1) is 0 Å². The zero-order valence-electron chi connectivity index (χ0n) is 16.6. The van der Waals surface area contributed by atoms with E-state index in [9.17, 15) is 0 Å². The molecule has 2 aromatic heterocycles. The fraction of sp³-hybridized carbons (Fsp3) is 0.240. The number of rotatable bonds is 6. The molecule has 0 bridgehead atoms. The van der Waals surface area contributed by atoms with Gasteiger partial charge in [-0.3, -0.25) is 4.98 Å². The zero-order valence-corrected chi connectivity index (χ0v) is 17.4. The second-order valence-corrected chi connectivity index (χ2v) is 8.70. The molecule has 0 saturated heterocycles. The van der Waals surface area contributed by atoms with E-state index in [1.807, 2.05) is 12.2 Å². The maximum absolute atomic E-state index is 5.06. The summed E-state index contributed by atoms with van der Waals surface area (Å²) in [6.07, 6.45) is 3.77. The summed E-state index contributed by atoms with van der Waals surface area (Å²) >= 11 is 1.71. The quantitative estimate of drug-likeness (QED) is 0.435. The maximum Gasteiger partial charge on any atom is 0.0805 e. The van der Waals surface area contributed by atoms with Gasteiger partial charge in [0.05, 0.1) is 16.3 Å². The summed E-state index contributed by atoms with van der Waals surface area (Å²) in [6.45, 7) is 16.8. The van der Waals surface area contributed by atoms with E-state index in [1.54, 1.807) is 11.3 Å². The normalized spacial score (nSPS) is 11.6. The second kappa shape index (κ2) is 7.66. The molecule has 3 rings (SSSR count). The predicted molar refractivity (Wildman–Crippen MR) is 120 cm³/mol. The third-order valence-corrected chi connectivity index (χ3v) is 6.26. The second-order valence-electron chi connectivity index (χ2n) is 7.61. The molecule has 0 saturated carbocycles. The van der Waals surface area contributed by atoms with Crippen molar-refractivity contribution in [3.8, 4) is 10.6 Å². The van der Waals surface area contributed by atoms with Crippen LogP contribution in [0.25, 0.3) is 22.7 Å². The van der Waals surface area contributed by atoms with Gasteiger partial charge in [-0.1, -0.05) is 83.3 Å². The number of nitrogens with zero attached hydrogens (tertiary/aromatic N) is 1. The molecule has 2 heteroatoms. The lowest BCUT2D eigenvalue weighted by Crippen LogP contribution is -2.23. The molecule has 0 radical (unpaired) electrons. The van der Waals surface area contributed by atoms with E-state index in [2.05, 4.69) is 89.4 Å². The van der Waals surface area contributed by atoms with Crippen LogP contribution in [0.5, 0.6) is 0 Å².